The lowest BCUT2D eigenvalue weighted by Gasteiger charge is -2.31. The summed E-state index contributed by atoms with van der Waals surface area (Å²) in [4.78, 5) is 14.9. The molecule has 142 valence electrons. The third kappa shape index (κ3) is 3.23. The summed E-state index contributed by atoms with van der Waals surface area (Å²) in [5.41, 5.74) is 0. The van der Waals surface area contributed by atoms with Gasteiger partial charge < -0.3 is 9.47 Å². The first kappa shape index (κ1) is 18.1. The molecule has 1 amide bonds. The number of likely N-dealkylation sites (tertiary alicyclic amines) is 1. The molecule has 10 heteroatoms. The van der Waals surface area contributed by atoms with Gasteiger partial charge in [0.25, 0.3) is 5.91 Å². The molecule has 1 fully saturated rings. The molecule has 1 saturated heterocycles. The Morgan fingerprint density at radius 3 is 2.67 bits per heavy atom. The van der Waals surface area contributed by atoms with E-state index in [2.05, 4.69) is 10.2 Å². The molecule has 0 spiro atoms. The monoisotopic (exact) mass is 408 g/mol. The van der Waals surface area contributed by atoms with Crippen LogP contribution >= 0.6 is 11.3 Å². The van der Waals surface area contributed by atoms with Crippen molar-refractivity contribution in [3.8, 4) is 0 Å². The molecule has 1 aromatic carbocycles. The van der Waals surface area contributed by atoms with Crippen molar-refractivity contribution in [1.82, 2.24) is 19.7 Å². The number of hydrogen-bond acceptors (Lipinski definition) is 6. The van der Waals surface area contributed by atoms with E-state index < -0.39 is 15.1 Å². The van der Waals surface area contributed by atoms with Crippen molar-refractivity contribution in [1.29, 1.82) is 0 Å². The highest BCUT2D eigenvalue weighted by Gasteiger charge is 2.35. The van der Waals surface area contributed by atoms with Crippen LogP contribution in [-0.2, 0) is 16.9 Å². The number of fused-ring (bicyclic) bond motifs is 1. The van der Waals surface area contributed by atoms with Crippen molar-refractivity contribution in [3.05, 3.63) is 41.3 Å². The molecule has 3 aromatic rings. The van der Waals surface area contributed by atoms with E-state index in [-0.39, 0.29) is 16.9 Å². The SMILES string of the molecule is Cn1cnnc1S(=O)(=O)C1CCN(C(=O)c2cc3cc(F)ccc3s2)CC1. The van der Waals surface area contributed by atoms with E-state index in [4.69, 9.17) is 0 Å². The lowest BCUT2D eigenvalue weighted by atomic mass is 10.1. The first-order valence-corrected chi connectivity index (χ1v) is 10.8. The average molecular weight is 408 g/mol. The van der Waals surface area contributed by atoms with Crippen molar-refractivity contribution in [2.75, 3.05) is 13.1 Å². The molecular formula is C17H17FN4O3S2. The van der Waals surface area contributed by atoms with E-state index in [1.54, 1.807) is 24.1 Å². The van der Waals surface area contributed by atoms with Crippen molar-refractivity contribution in [2.24, 2.45) is 7.05 Å². The van der Waals surface area contributed by atoms with Crippen LogP contribution in [0, 0.1) is 5.82 Å². The first-order chi connectivity index (χ1) is 12.9. The zero-order valence-electron chi connectivity index (χ0n) is 14.5. The summed E-state index contributed by atoms with van der Waals surface area (Å²) >= 11 is 1.32. The summed E-state index contributed by atoms with van der Waals surface area (Å²) in [6.45, 7) is 0.701. The van der Waals surface area contributed by atoms with Crippen LogP contribution in [0.4, 0.5) is 4.39 Å². The molecule has 0 saturated carbocycles. The molecule has 1 aliphatic heterocycles. The number of carbonyl (C=O) groups is 1. The van der Waals surface area contributed by atoms with Crippen molar-refractivity contribution < 1.29 is 17.6 Å². The number of halogens is 1. The second kappa shape index (κ2) is 6.68. The average Bonchev–Trinajstić information content (AvgIpc) is 3.27. The quantitative estimate of drug-likeness (QED) is 0.664. The Balaban J connectivity index is 1.48. The number of rotatable bonds is 3. The van der Waals surface area contributed by atoms with Gasteiger partial charge in [0.2, 0.25) is 15.0 Å². The normalized spacial score (nSPS) is 16.1. The van der Waals surface area contributed by atoms with Crippen LogP contribution in [0.5, 0.6) is 0 Å². The fourth-order valence-electron chi connectivity index (χ4n) is 3.32. The third-order valence-corrected chi connectivity index (χ3v) is 8.11. The van der Waals surface area contributed by atoms with Gasteiger partial charge in [-0.2, -0.15) is 0 Å². The van der Waals surface area contributed by atoms with Gasteiger partial charge in [0.05, 0.1) is 10.1 Å². The topological polar surface area (TPSA) is 85.2 Å². The van der Waals surface area contributed by atoms with Crippen LogP contribution in [0.2, 0.25) is 0 Å². The van der Waals surface area contributed by atoms with Crippen molar-refractivity contribution >= 4 is 37.2 Å². The fraction of sp³-hybridized carbons (Fsp3) is 0.353. The van der Waals surface area contributed by atoms with E-state index >= 15 is 0 Å². The van der Waals surface area contributed by atoms with Crippen molar-refractivity contribution in [3.63, 3.8) is 0 Å². The maximum absolute atomic E-state index is 13.3. The highest BCUT2D eigenvalue weighted by atomic mass is 32.2. The minimum absolute atomic E-state index is 0.0428. The summed E-state index contributed by atoms with van der Waals surface area (Å²) in [6, 6.07) is 6.12. The standard InChI is InChI=1S/C17H17FN4O3S2/c1-21-10-19-20-17(21)27(24,25)13-4-6-22(7-5-13)16(23)15-9-11-8-12(18)2-3-14(11)26-15/h2-3,8-10,13H,4-7H2,1H3. The van der Waals surface area contributed by atoms with E-state index in [1.165, 1.54) is 34.4 Å². The molecule has 0 N–H and O–H groups in total. The van der Waals surface area contributed by atoms with Crippen molar-refractivity contribution in [2.45, 2.75) is 23.2 Å². The maximum atomic E-state index is 13.3. The number of nitrogens with zero attached hydrogens (tertiary/aromatic N) is 4. The second-order valence-corrected chi connectivity index (χ2v) is 9.76. The molecule has 0 atom stereocenters. The number of piperidine rings is 1. The summed E-state index contributed by atoms with van der Waals surface area (Å²) in [6.07, 6.45) is 2.05. The summed E-state index contributed by atoms with van der Waals surface area (Å²) in [7, 11) is -1.98. The summed E-state index contributed by atoms with van der Waals surface area (Å²) in [5.74, 6) is -0.486. The Bertz CT molecular complexity index is 1110. The summed E-state index contributed by atoms with van der Waals surface area (Å²) < 4.78 is 41.0. The number of carbonyl (C=O) groups excluding carboxylic acids is 1. The number of benzene rings is 1. The Labute approximate surface area is 159 Å². The molecule has 7 nitrogen and oxygen atoms in total. The Kier molecular flexibility index (Phi) is 4.47. The zero-order chi connectivity index (χ0) is 19.2. The minimum atomic E-state index is -3.58. The number of hydrogen-bond donors (Lipinski definition) is 0. The van der Waals surface area contributed by atoms with E-state index in [1.807, 2.05) is 0 Å². The van der Waals surface area contributed by atoms with Gasteiger partial charge in [0.1, 0.15) is 12.1 Å². The first-order valence-electron chi connectivity index (χ1n) is 8.42. The molecule has 0 bridgehead atoms. The molecule has 0 aliphatic carbocycles. The number of amides is 1. The molecule has 0 radical (unpaired) electrons. The second-order valence-electron chi connectivity index (χ2n) is 6.55. The Morgan fingerprint density at radius 2 is 2.00 bits per heavy atom. The molecule has 1 aliphatic rings. The summed E-state index contributed by atoms with van der Waals surface area (Å²) in [5, 5.41) is 7.42. The molecule has 27 heavy (non-hydrogen) atoms. The number of aromatic nitrogens is 3. The fourth-order valence-corrected chi connectivity index (χ4v) is 6.07. The van der Waals surface area contributed by atoms with Crippen LogP contribution in [0.3, 0.4) is 0 Å². The van der Waals surface area contributed by atoms with Crippen LogP contribution in [0.15, 0.2) is 35.7 Å². The predicted molar refractivity (Wildman–Crippen MR) is 98.9 cm³/mol. The van der Waals surface area contributed by atoms with Gasteiger partial charge in [-0.25, -0.2) is 12.8 Å². The molecule has 0 unspecified atom stereocenters. The van der Waals surface area contributed by atoms with Gasteiger partial charge in [0, 0.05) is 24.8 Å². The number of thiophene rings is 1. The number of aryl methyl sites for hydroxylation is 1. The van der Waals surface area contributed by atoms with Gasteiger partial charge in [-0.3, -0.25) is 4.79 Å². The van der Waals surface area contributed by atoms with Gasteiger partial charge in [-0.15, -0.1) is 21.5 Å². The molecule has 2 aromatic heterocycles. The molecule has 3 heterocycles. The highest BCUT2D eigenvalue weighted by Crippen LogP contribution is 2.29. The van der Waals surface area contributed by atoms with Crippen LogP contribution in [-0.4, -0.2) is 52.3 Å². The van der Waals surface area contributed by atoms with Gasteiger partial charge in [-0.05, 0) is 42.5 Å². The predicted octanol–water partition coefficient (Wildman–Crippen LogP) is 2.25. The zero-order valence-corrected chi connectivity index (χ0v) is 16.1. The highest BCUT2D eigenvalue weighted by molar-refractivity contribution is 7.91. The molecule has 4 rings (SSSR count). The van der Waals surface area contributed by atoms with Gasteiger partial charge in [-0.1, -0.05) is 0 Å². The molecular weight excluding hydrogens is 391 g/mol. The van der Waals surface area contributed by atoms with Gasteiger partial charge >= 0.3 is 0 Å². The Morgan fingerprint density at radius 1 is 1.26 bits per heavy atom. The lowest BCUT2D eigenvalue weighted by Crippen LogP contribution is -2.42. The maximum Gasteiger partial charge on any atom is 0.263 e. The van der Waals surface area contributed by atoms with E-state index in [0.29, 0.717) is 36.2 Å². The number of sulfone groups is 1. The lowest BCUT2D eigenvalue weighted by molar-refractivity contribution is 0.0730. The van der Waals surface area contributed by atoms with Crippen LogP contribution in [0.25, 0.3) is 10.1 Å². The van der Waals surface area contributed by atoms with E-state index in [9.17, 15) is 17.6 Å². The van der Waals surface area contributed by atoms with Crippen LogP contribution < -0.4 is 0 Å². The third-order valence-electron chi connectivity index (χ3n) is 4.78. The van der Waals surface area contributed by atoms with E-state index in [0.717, 1.165) is 4.70 Å². The van der Waals surface area contributed by atoms with Gasteiger partial charge in [0.15, 0.2) is 0 Å². The largest absolute Gasteiger partial charge is 0.338 e. The minimum Gasteiger partial charge on any atom is -0.338 e. The smallest absolute Gasteiger partial charge is 0.263 e. The Hall–Kier alpha value is -2.33. The van der Waals surface area contributed by atoms with Crippen LogP contribution in [0.1, 0.15) is 22.5 Å².